The van der Waals surface area contributed by atoms with Crippen LogP contribution >= 0.6 is 0 Å². The van der Waals surface area contributed by atoms with Crippen LogP contribution in [0.3, 0.4) is 0 Å². The van der Waals surface area contributed by atoms with E-state index in [4.69, 9.17) is 23.7 Å². The quantitative estimate of drug-likeness (QED) is 0.580. The van der Waals surface area contributed by atoms with Gasteiger partial charge in [-0.3, -0.25) is 0 Å². The summed E-state index contributed by atoms with van der Waals surface area (Å²) in [6, 6.07) is 5.18. The SMILES string of the molecule is CCOC(=O)C=Cc1nc(COc2ccc(CO)cc2OC)c(C)o1. The summed E-state index contributed by atoms with van der Waals surface area (Å²) in [6.45, 7) is 3.91. The van der Waals surface area contributed by atoms with Crippen LogP contribution in [0.25, 0.3) is 6.08 Å². The van der Waals surface area contributed by atoms with Crippen LogP contribution in [-0.4, -0.2) is 29.8 Å². The Morgan fingerprint density at radius 3 is 2.84 bits per heavy atom. The van der Waals surface area contributed by atoms with Gasteiger partial charge in [-0.2, -0.15) is 0 Å². The first-order chi connectivity index (χ1) is 12.1. The monoisotopic (exact) mass is 347 g/mol. The Balaban J connectivity index is 2.05. The summed E-state index contributed by atoms with van der Waals surface area (Å²) in [4.78, 5) is 15.6. The Kier molecular flexibility index (Phi) is 6.59. The van der Waals surface area contributed by atoms with E-state index in [9.17, 15) is 4.79 Å². The third-order valence-electron chi connectivity index (χ3n) is 3.33. The van der Waals surface area contributed by atoms with Gasteiger partial charge >= 0.3 is 5.97 Å². The normalized spacial score (nSPS) is 10.9. The van der Waals surface area contributed by atoms with Crippen molar-refractivity contribution < 1.29 is 28.5 Å². The molecule has 0 aliphatic carbocycles. The van der Waals surface area contributed by atoms with Gasteiger partial charge in [0.1, 0.15) is 18.1 Å². The molecule has 7 heteroatoms. The first kappa shape index (κ1) is 18.5. The van der Waals surface area contributed by atoms with Crippen molar-refractivity contribution in [1.29, 1.82) is 0 Å². The zero-order chi connectivity index (χ0) is 18.2. The van der Waals surface area contributed by atoms with Crippen LogP contribution in [0.2, 0.25) is 0 Å². The fourth-order valence-electron chi connectivity index (χ4n) is 2.06. The maximum absolute atomic E-state index is 11.3. The first-order valence-corrected chi connectivity index (χ1v) is 7.79. The fourth-order valence-corrected chi connectivity index (χ4v) is 2.06. The summed E-state index contributed by atoms with van der Waals surface area (Å²) >= 11 is 0. The molecule has 0 fully saturated rings. The smallest absolute Gasteiger partial charge is 0.330 e. The molecule has 0 bridgehead atoms. The number of nitrogens with zero attached hydrogens (tertiary/aromatic N) is 1. The number of aryl methyl sites for hydroxylation is 1. The number of methoxy groups -OCH3 is 1. The van der Waals surface area contributed by atoms with Crippen molar-refractivity contribution in [2.45, 2.75) is 27.1 Å². The molecule has 0 amide bonds. The number of carbonyl (C=O) groups excluding carboxylic acids is 1. The Morgan fingerprint density at radius 2 is 2.16 bits per heavy atom. The molecule has 0 radical (unpaired) electrons. The van der Waals surface area contributed by atoms with E-state index in [2.05, 4.69) is 4.98 Å². The van der Waals surface area contributed by atoms with Gasteiger partial charge in [0.05, 0.1) is 20.3 Å². The Morgan fingerprint density at radius 1 is 1.36 bits per heavy atom. The maximum atomic E-state index is 11.3. The summed E-state index contributed by atoms with van der Waals surface area (Å²) in [7, 11) is 1.53. The lowest BCUT2D eigenvalue weighted by Crippen LogP contribution is -2.00. The van der Waals surface area contributed by atoms with Gasteiger partial charge in [0, 0.05) is 12.2 Å². The predicted octanol–water partition coefficient (Wildman–Crippen LogP) is 2.64. The minimum absolute atomic E-state index is 0.0742. The predicted molar refractivity (Wildman–Crippen MR) is 90.2 cm³/mol. The number of aliphatic hydroxyl groups is 1. The van der Waals surface area contributed by atoms with Crippen molar-refractivity contribution in [3.63, 3.8) is 0 Å². The summed E-state index contributed by atoms with van der Waals surface area (Å²) in [5.41, 5.74) is 1.34. The van der Waals surface area contributed by atoms with Crippen molar-refractivity contribution >= 4 is 12.0 Å². The highest BCUT2D eigenvalue weighted by molar-refractivity contribution is 5.86. The number of hydrogen-bond donors (Lipinski definition) is 1. The van der Waals surface area contributed by atoms with Crippen LogP contribution in [0.15, 0.2) is 28.7 Å². The lowest BCUT2D eigenvalue weighted by Gasteiger charge is -2.10. The molecule has 134 valence electrons. The number of hydrogen-bond acceptors (Lipinski definition) is 7. The van der Waals surface area contributed by atoms with E-state index in [1.54, 1.807) is 32.0 Å². The van der Waals surface area contributed by atoms with Crippen molar-refractivity contribution in [2.75, 3.05) is 13.7 Å². The van der Waals surface area contributed by atoms with E-state index in [-0.39, 0.29) is 13.2 Å². The van der Waals surface area contributed by atoms with Crippen molar-refractivity contribution in [3.05, 3.63) is 47.2 Å². The van der Waals surface area contributed by atoms with E-state index in [1.807, 2.05) is 0 Å². The lowest BCUT2D eigenvalue weighted by molar-refractivity contribution is -0.137. The molecule has 1 heterocycles. The average Bonchev–Trinajstić information content (AvgIpc) is 2.98. The van der Waals surface area contributed by atoms with Crippen LogP contribution in [0.1, 0.15) is 29.8 Å². The number of rotatable bonds is 8. The number of aromatic nitrogens is 1. The van der Waals surface area contributed by atoms with E-state index in [0.29, 0.717) is 35.5 Å². The molecule has 2 rings (SSSR count). The number of carbonyl (C=O) groups is 1. The van der Waals surface area contributed by atoms with Crippen LogP contribution in [-0.2, 0) is 22.7 Å². The Hall–Kier alpha value is -2.80. The maximum Gasteiger partial charge on any atom is 0.330 e. The Labute approximate surface area is 145 Å². The molecule has 0 atom stereocenters. The second-order valence-electron chi connectivity index (χ2n) is 5.07. The molecule has 0 spiro atoms. The fraction of sp³-hybridized carbons (Fsp3) is 0.333. The molecular formula is C18H21NO6. The number of oxazole rings is 1. The molecule has 7 nitrogen and oxygen atoms in total. The molecule has 1 aromatic carbocycles. The van der Waals surface area contributed by atoms with Gasteiger partial charge in [0.25, 0.3) is 0 Å². The molecule has 25 heavy (non-hydrogen) atoms. The van der Waals surface area contributed by atoms with Gasteiger partial charge in [-0.05, 0) is 31.5 Å². The molecule has 0 unspecified atom stereocenters. The number of aliphatic hydroxyl groups excluding tert-OH is 1. The molecule has 0 saturated carbocycles. The highest BCUT2D eigenvalue weighted by atomic mass is 16.5. The van der Waals surface area contributed by atoms with Crippen LogP contribution in [0.5, 0.6) is 11.5 Å². The van der Waals surface area contributed by atoms with Crippen molar-refractivity contribution in [2.24, 2.45) is 0 Å². The highest BCUT2D eigenvalue weighted by Crippen LogP contribution is 2.29. The third-order valence-corrected chi connectivity index (χ3v) is 3.33. The minimum Gasteiger partial charge on any atom is -0.493 e. The summed E-state index contributed by atoms with van der Waals surface area (Å²) in [6.07, 6.45) is 2.71. The van der Waals surface area contributed by atoms with Crippen LogP contribution < -0.4 is 9.47 Å². The second-order valence-corrected chi connectivity index (χ2v) is 5.07. The number of benzene rings is 1. The molecule has 1 N–H and O–H groups in total. The van der Waals surface area contributed by atoms with Gasteiger partial charge < -0.3 is 23.7 Å². The molecular weight excluding hydrogens is 326 g/mol. The van der Waals surface area contributed by atoms with Crippen molar-refractivity contribution in [1.82, 2.24) is 4.98 Å². The topological polar surface area (TPSA) is 91.0 Å². The number of esters is 1. The van der Waals surface area contributed by atoms with Gasteiger partial charge in [-0.25, -0.2) is 9.78 Å². The molecule has 1 aromatic heterocycles. The lowest BCUT2D eigenvalue weighted by atomic mass is 10.2. The summed E-state index contributed by atoms with van der Waals surface area (Å²) < 4.78 is 21.3. The molecule has 0 aliphatic rings. The zero-order valence-corrected chi connectivity index (χ0v) is 14.4. The van der Waals surface area contributed by atoms with E-state index in [0.717, 1.165) is 5.56 Å². The van der Waals surface area contributed by atoms with E-state index >= 15 is 0 Å². The largest absolute Gasteiger partial charge is 0.493 e. The third kappa shape index (κ3) is 5.09. The van der Waals surface area contributed by atoms with Gasteiger partial charge in [-0.15, -0.1) is 0 Å². The van der Waals surface area contributed by atoms with E-state index < -0.39 is 5.97 Å². The minimum atomic E-state index is -0.454. The molecule has 0 saturated heterocycles. The summed E-state index contributed by atoms with van der Waals surface area (Å²) in [5.74, 6) is 1.49. The highest BCUT2D eigenvalue weighted by Gasteiger charge is 2.11. The first-order valence-electron chi connectivity index (χ1n) is 7.79. The Bertz CT molecular complexity index is 750. The zero-order valence-electron chi connectivity index (χ0n) is 14.4. The van der Waals surface area contributed by atoms with Gasteiger partial charge in [-0.1, -0.05) is 6.07 Å². The average molecular weight is 347 g/mol. The van der Waals surface area contributed by atoms with Crippen LogP contribution in [0, 0.1) is 6.92 Å². The second kappa shape index (κ2) is 8.89. The summed E-state index contributed by atoms with van der Waals surface area (Å²) in [5, 5.41) is 9.16. The van der Waals surface area contributed by atoms with Gasteiger partial charge in [0.2, 0.25) is 5.89 Å². The van der Waals surface area contributed by atoms with Crippen molar-refractivity contribution in [3.8, 4) is 11.5 Å². The molecule has 2 aromatic rings. The van der Waals surface area contributed by atoms with E-state index in [1.165, 1.54) is 19.3 Å². The number of ether oxygens (including phenoxy) is 3. The molecule has 0 aliphatic heterocycles. The van der Waals surface area contributed by atoms with Gasteiger partial charge in [0.15, 0.2) is 11.5 Å². The standard InChI is InChI=1S/C18H21NO6/c1-4-23-18(21)8-7-17-19-14(12(2)25-17)11-24-15-6-5-13(10-20)9-16(15)22-3/h5-9,20H,4,10-11H2,1-3H3. The van der Waals surface area contributed by atoms with Crippen LogP contribution in [0.4, 0.5) is 0 Å².